The van der Waals surface area contributed by atoms with Crippen molar-refractivity contribution in [2.45, 2.75) is 0 Å². The molecule has 0 aliphatic carbocycles. The number of halogens is 1. The van der Waals surface area contributed by atoms with Crippen LogP contribution in [0.2, 0.25) is 0 Å². The zero-order valence-electron chi connectivity index (χ0n) is 11.2. The molecule has 0 fully saturated rings. The van der Waals surface area contributed by atoms with Gasteiger partial charge in [0.1, 0.15) is 10.7 Å². The summed E-state index contributed by atoms with van der Waals surface area (Å²) in [5.74, 6) is -0.134. The molecular formula is C15H12BrN3OS. The third-order valence-corrected chi connectivity index (χ3v) is 4.28. The third-order valence-electron chi connectivity index (χ3n) is 3.03. The maximum Gasteiger partial charge on any atom is 0.272 e. The Balaban J connectivity index is 1.76. The molecule has 1 aromatic carbocycles. The lowest BCUT2D eigenvalue weighted by atomic mass is 10.2. The molecule has 0 spiro atoms. The van der Waals surface area contributed by atoms with Crippen molar-refractivity contribution in [3.8, 4) is 10.6 Å². The Morgan fingerprint density at radius 1 is 1.33 bits per heavy atom. The number of aryl methyl sites for hydroxylation is 1. The van der Waals surface area contributed by atoms with Crippen LogP contribution in [0.5, 0.6) is 0 Å². The highest BCUT2D eigenvalue weighted by molar-refractivity contribution is 9.10. The van der Waals surface area contributed by atoms with Crippen molar-refractivity contribution in [3.05, 3.63) is 58.3 Å². The van der Waals surface area contributed by atoms with Crippen molar-refractivity contribution >= 4 is 38.9 Å². The third kappa shape index (κ3) is 3.06. The molecule has 2 aromatic heterocycles. The molecule has 21 heavy (non-hydrogen) atoms. The molecule has 0 radical (unpaired) electrons. The standard InChI is InChI=1S/C15H12BrN3OS/c1-19-9-11(16)8-13(19)14(20)18-12-4-2-10(3-5-12)15-17-6-7-21-15/h2-9H,1H3,(H,18,20). The molecule has 0 bridgehead atoms. The molecule has 1 amide bonds. The lowest BCUT2D eigenvalue weighted by molar-refractivity contribution is 0.101. The van der Waals surface area contributed by atoms with Crippen LogP contribution in [-0.4, -0.2) is 15.5 Å². The van der Waals surface area contributed by atoms with E-state index < -0.39 is 0 Å². The van der Waals surface area contributed by atoms with Crippen molar-refractivity contribution in [1.29, 1.82) is 0 Å². The highest BCUT2D eigenvalue weighted by atomic mass is 79.9. The van der Waals surface area contributed by atoms with E-state index >= 15 is 0 Å². The van der Waals surface area contributed by atoms with Gasteiger partial charge >= 0.3 is 0 Å². The number of anilines is 1. The molecule has 0 unspecified atom stereocenters. The van der Waals surface area contributed by atoms with E-state index in [0.717, 1.165) is 20.7 Å². The van der Waals surface area contributed by atoms with E-state index in [1.807, 2.05) is 42.9 Å². The van der Waals surface area contributed by atoms with Gasteiger partial charge in [-0.2, -0.15) is 0 Å². The Morgan fingerprint density at radius 2 is 2.10 bits per heavy atom. The van der Waals surface area contributed by atoms with Crippen LogP contribution >= 0.6 is 27.3 Å². The van der Waals surface area contributed by atoms with Gasteiger partial charge in [-0.25, -0.2) is 4.98 Å². The fraction of sp³-hybridized carbons (Fsp3) is 0.0667. The van der Waals surface area contributed by atoms with E-state index in [1.165, 1.54) is 0 Å². The molecule has 0 saturated carbocycles. The molecule has 2 heterocycles. The molecule has 3 aromatic rings. The summed E-state index contributed by atoms with van der Waals surface area (Å²) in [5, 5.41) is 5.80. The van der Waals surface area contributed by atoms with Gasteiger partial charge in [-0.3, -0.25) is 4.79 Å². The van der Waals surface area contributed by atoms with E-state index in [9.17, 15) is 4.79 Å². The van der Waals surface area contributed by atoms with Gasteiger partial charge in [0.2, 0.25) is 0 Å². The van der Waals surface area contributed by atoms with E-state index in [-0.39, 0.29) is 5.91 Å². The Hall–Kier alpha value is -1.92. The second-order valence-corrected chi connectivity index (χ2v) is 6.33. The second-order valence-electron chi connectivity index (χ2n) is 4.52. The Morgan fingerprint density at radius 3 is 2.67 bits per heavy atom. The lowest BCUT2D eigenvalue weighted by Gasteiger charge is -2.06. The maximum atomic E-state index is 12.2. The van der Waals surface area contributed by atoms with Crippen LogP contribution in [0.25, 0.3) is 10.6 Å². The highest BCUT2D eigenvalue weighted by Gasteiger charge is 2.11. The molecule has 4 nitrogen and oxygen atoms in total. The molecule has 0 saturated heterocycles. The van der Waals surface area contributed by atoms with Gasteiger partial charge in [0.05, 0.1) is 0 Å². The summed E-state index contributed by atoms with van der Waals surface area (Å²) >= 11 is 4.95. The molecule has 3 rings (SSSR count). The average Bonchev–Trinajstić information content (AvgIpc) is 3.09. The monoisotopic (exact) mass is 361 g/mol. The fourth-order valence-corrected chi connectivity index (χ4v) is 3.18. The molecule has 1 N–H and O–H groups in total. The van der Waals surface area contributed by atoms with Crippen LogP contribution in [0.4, 0.5) is 5.69 Å². The van der Waals surface area contributed by atoms with Crippen molar-refractivity contribution < 1.29 is 4.79 Å². The summed E-state index contributed by atoms with van der Waals surface area (Å²) in [4.78, 5) is 16.5. The van der Waals surface area contributed by atoms with Crippen LogP contribution < -0.4 is 5.32 Å². The predicted octanol–water partition coefficient (Wildman–Crippen LogP) is 4.16. The van der Waals surface area contributed by atoms with Crippen molar-refractivity contribution in [2.75, 3.05) is 5.32 Å². The number of carbonyl (C=O) groups excluding carboxylic acids is 1. The summed E-state index contributed by atoms with van der Waals surface area (Å²) in [5.41, 5.74) is 2.41. The number of hydrogen-bond acceptors (Lipinski definition) is 3. The quantitative estimate of drug-likeness (QED) is 0.760. The first kappa shape index (κ1) is 14.0. The van der Waals surface area contributed by atoms with Gasteiger partial charge in [0.25, 0.3) is 5.91 Å². The topological polar surface area (TPSA) is 46.9 Å². The van der Waals surface area contributed by atoms with Crippen LogP contribution in [0.15, 0.2) is 52.6 Å². The van der Waals surface area contributed by atoms with Crippen molar-refractivity contribution in [1.82, 2.24) is 9.55 Å². The van der Waals surface area contributed by atoms with Crippen LogP contribution in [0.1, 0.15) is 10.5 Å². The zero-order chi connectivity index (χ0) is 14.8. The Kier molecular flexibility index (Phi) is 3.90. The number of thiazole rings is 1. The highest BCUT2D eigenvalue weighted by Crippen LogP contribution is 2.23. The van der Waals surface area contributed by atoms with E-state index in [1.54, 1.807) is 28.2 Å². The normalized spacial score (nSPS) is 10.6. The summed E-state index contributed by atoms with van der Waals surface area (Å²) < 4.78 is 2.66. The first-order valence-electron chi connectivity index (χ1n) is 6.26. The number of benzene rings is 1. The smallest absolute Gasteiger partial charge is 0.272 e. The average molecular weight is 362 g/mol. The van der Waals surface area contributed by atoms with Crippen molar-refractivity contribution in [2.24, 2.45) is 7.05 Å². The number of carbonyl (C=O) groups is 1. The van der Waals surface area contributed by atoms with Gasteiger partial charge in [-0.15, -0.1) is 11.3 Å². The number of nitrogens with one attached hydrogen (secondary N) is 1. The maximum absolute atomic E-state index is 12.2. The van der Waals surface area contributed by atoms with E-state index in [2.05, 4.69) is 26.2 Å². The lowest BCUT2D eigenvalue weighted by Crippen LogP contribution is -2.15. The van der Waals surface area contributed by atoms with E-state index in [0.29, 0.717) is 5.69 Å². The minimum atomic E-state index is -0.134. The molecule has 0 atom stereocenters. The van der Waals surface area contributed by atoms with Gasteiger partial charge < -0.3 is 9.88 Å². The number of amides is 1. The van der Waals surface area contributed by atoms with E-state index in [4.69, 9.17) is 0 Å². The molecule has 106 valence electrons. The minimum Gasteiger partial charge on any atom is -0.345 e. The second kappa shape index (κ2) is 5.83. The summed E-state index contributed by atoms with van der Waals surface area (Å²) in [6, 6.07) is 9.46. The SMILES string of the molecule is Cn1cc(Br)cc1C(=O)Nc1ccc(-c2nccs2)cc1. The molecular weight excluding hydrogens is 350 g/mol. The summed E-state index contributed by atoms with van der Waals surface area (Å²) in [6.45, 7) is 0. The number of aromatic nitrogens is 2. The Labute approximate surface area is 134 Å². The Bertz CT molecular complexity index is 763. The number of rotatable bonds is 3. The number of hydrogen-bond donors (Lipinski definition) is 1. The molecule has 0 aliphatic heterocycles. The first-order chi connectivity index (χ1) is 10.1. The van der Waals surface area contributed by atoms with Gasteiger partial charge in [-0.1, -0.05) is 0 Å². The molecule has 0 aliphatic rings. The predicted molar refractivity (Wildman–Crippen MR) is 88.6 cm³/mol. The molecule has 6 heteroatoms. The van der Waals surface area contributed by atoms with Crippen LogP contribution in [0.3, 0.4) is 0 Å². The van der Waals surface area contributed by atoms with Crippen LogP contribution in [-0.2, 0) is 7.05 Å². The van der Waals surface area contributed by atoms with Gasteiger partial charge in [-0.05, 0) is 46.3 Å². The van der Waals surface area contributed by atoms with Crippen LogP contribution in [0, 0.1) is 0 Å². The zero-order valence-corrected chi connectivity index (χ0v) is 13.6. The first-order valence-corrected chi connectivity index (χ1v) is 7.94. The summed E-state index contributed by atoms with van der Waals surface area (Å²) in [6.07, 6.45) is 3.63. The largest absolute Gasteiger partial charge is 0.345 e. The number of nitrogens with zero attached hydrogens (tertiary/aromatic N) is 2. The van der Waals surface area contributed by atoms with Gasteiger partial charge in [0.15, 0.2) is 0 Å². The minimum absolute atomic E-state index is 0.134. The fourth-order valence-electron chi connectivity index (χ4n) is 2.01. The van der Waals surface area contributed by atoms with Gasteiger partial charge in [0, 0.05) is 40.5 Å². The summed E-state index contributed by atoms with van der Waals surface area (Å²) in [7, 11) is 1.84. The van der Waals surface area contributed by atoms with Crippen molar-refractivity contribution in [3.63, 3.8) is 0 Å².